The van der Waals surface area contributed by atoms with Gasteiger partial charge in [0.2, 0.25) is 0 Å². The molecule has 2 nitrogen and oxygen atoms in total. The predicted octanol–water partition coefficient (Wildman–Crippen LogP) is 2.46. The van der Waals surface area contributed by atoms with Gasteiger partial charge in [-0.15, -0.1) is 0 Å². The van der Waals surface area contributed by atoms with Crippen molar-refractivity contribution in [2.75, 3.05) is 0 Å². The minimum Gasteiger partial charge on any atom is -0.461 e. The fourth-order valence-electron chi connectivity index (χ4n) is 1.54. The molecule has 14 heavy (non-hydrogen) atoms. The SMILES string of the molecule is CC(N)Cc1ccc2ccoc2c1F. The van der Waals surface area contributed by atoms with Gasteiger partial charge in [-0.05, 0) is 25.0 Å². The minimum absolute atomic E-state index is 0.0445. The molecular formula is C11H12FNO. The summed E-state index contributed by atoms with van der Waals surface area (Å²) in [6.07, 6.45) is 2.02. The van der Waals surface area contributed by atoms with E-state index >= 15 is 0 Å². The van der Waals surface area contributed by atoms with Crippen molar-refractivity contribution in [1.29, 1.82) is 0 Å². The van der Waals surface area contributed by atoms with E-state index < -0.39 is 0 Å². The molecule has 3 heteroatoms. The number of hydrogen-bond donors (Lipinski definition) is 1. The zero-order valence-electron chi connectivity index (χ0n) is 7.96. The first kappa shape index (κ1) is 9.21. The van der Waals surface area contributed by atoms with Crippen LogP contribution in [-0.2, 0) is 6.42 Å². The van der Waals surface area contributed by atoms with Gasteiger partial charge in [0, 0.05) is 11.4 Å². The molecule has 0 amide bonds. The lowest BCUT2D eigenvalue weighted by Crippen LogP contribution is -2.18. The molecule has 2 N–H and O–H groups in total. The van der Waals surface area contributed by atoms with E-state index in [1.54, 1.807) is 12.1 Å². The fourth-order valence-corrected chi connectivity index (χ4v) is 1.54. The molecule has 1 aromatic carbocycles. The van der Waals surface area contributed by atoms with Gasteiger partial charge in [0.1, 0.15) is 0 Å². The Balaban J connectivity index is 2.51. The Labute approximate surface area is 81.5 Å². The summed E-state index contributed by atoms with van der Waals surface area (Å²) < 4.78 is 18.8. The molecule has 0 aliphatic carbocycles. The van der Waals surface area contributed by atoms with Crippen LogP contribution in [0.1, 0.15) is 12.5 Å². The fraction of sp³-hybridized carbons (Fsp3) is 0.273. The molecule has 1 atom stereocenters. The first-order chi connectivity index (χ1) is 6.68. The molecule has 0 saturated heterocycles. The van der Waals surface area contributed by atoms with Crippen LogP contribution >= 0.6 is 0 Å². The summed E-state index contributed by atoms with van der Waals surface area (Å²) in [7, 11) is 0. The Morgan fingerprint density at radius 2 is 2.21 bits per heavy atom. The summed E-state index contributed by atoms with van der Waals surface area (Å²) >= 11 is 0. The highest BCUT2D eigenvalue weighted by Gasteiger charge is 2.10. The van der Waals surface area contributed by atoms with E-state index in [0.29, 0.717) is 17.6 Å². The largest absolute Gasteiger partial charge is 0.461 e. The lowest BCUT2D eigenvalue weighted by atomic mass is 10.1. The summed E-state index contributed by atoms with van der Waals surface area (Å²) in [6.45, 7) is 1.85. The third-order valence-electron chi connectivity index (χ3n) is 2.18. The quantitative estimate of drug-likeness (QED) is 0.795. The van der Waals surface area contributed by atoms with Crippen molar-refractivity contribution >= 4 is 11.0 Å². The Morgan fingerprint density at radius 1 is 1.43 bits per heavy atom. The average Bonchev–Trinajstić information content (AvgIpc) is 2.57. The number of furan rings is 1. The number of rotatable bonds is 2. The van der Waals surface area contributed by atoms with Crippen molar-refractivity contribution in [2.45, 2.75) is 19.4 Å². The lowest BCUT2D eigenvalue weighted by Gasteiger charge is -2.06. The zero-order valence-corrected chi connectivity index (χ0v) is 7.96. The van der Waals surface area contributed by atoms with Gasteiger partial charge in [0.15, 0.2) is 11.4 Å². The summed E-state index contributed by atoms with van der Waals surface area (Å²) in [5, 5.41) is 0.788. The summed E-state index contributed by atoms with van der Waals surface area (Å²) in [4.78, 5) is 0. The maximum absolute atomic E-state index is 13.7. The molecule has 0 radical (unpaired) electrons. The van der Waals surface area contributed by atoms with Crippen LogP contribution in [0.4, 0.5) is 4.39 Å². The smallest absolute Gasteiger partial charge is 0.169 e. The number of halogens is 1. The van der Waals surface area contributed by atoms with Gasteiger partial charge >= 0.3 is 0 Å². The molecular weight excluding hydrogens is 181 g/mol. The van der Waals surface area contributed by atoms with E-state index in [0.717, 1.165) is 5.39 Å². The van der Waals surface area contributed by atoms with Crippen LogP contribution in [0.15, 0.2) is 28.9 Å². The molecule has 0 aliphatic heterocycles. The van der Waals surface area contributed by atoms with Crippen molar-refractivity contribution in [3.05, 3.63) is 35.8 Å². The molecule has 1 heterocycles. The van der Waals surface area contributed by atoms with Crippen LogP contribution < -0.4 is 5.73 Å². The van der Waals surface area contributed by atoms with E-state index in [1.165, 1.54) is 6.26 Å². The molecule has 74 valence electrons. The summed E-state index contributed by atoms with van der Waals surface area (Å²) in [5.74, 6) is -0.287. The van der Waals surface area contributed by atoms with Crippen LogP contribution in [0.2, 0.25) is 0 Å². The Bertz CT molecular complexity index is 447. The van der Waals surface area contributed by atoms with Gasteiger partial charge < -0.3 is 10.2 Å². The maximum Gasteiger partial charge on any atom is 0.169 e. The van der Waals surface area contributed by atoms with E-state index in [4.69, 9.17) is 10.2 Å². The van der Waals surface area contributed by atoms with Crippen LogP contribution in [0.3, 0.4) is 0 Å². The molecule has 0 fully saturated rings. The van der Waals surface area contributed by atoms with Gasteiger partial charge in [-0.1, -0.05) is 12.1 Å². The van der Waals surface area contributed by atoms with Crippen molar-refractivity contribution < 1.29 is 8.81 Å². The summed E-state index contributed by atoms with van der Waals surface area (Å²) in [6, 6.07) is 5.31. The molecule has 0 saturated carbocycles. The number of fused-ring (bicyclic) bond motifs is 1. The van der Waals surface area contributed by atoms with Crippen molar-refractivity contribution in [1.82, 2.24) is 0 Å². The van der Waals surface area contributed by atoms with Crippen molar-refractivity contribution in [3.8, 4) is 0 Å². The molecule has 0 spiro atoms. The topological polar surface area (TPSA) is 39.2 Å². The van der Waals surface area contributed by atoms with E-state index in [1.807, 2.05) is 13.0 Å². The lowest BCUT2D eigenvalue weighted by molar-refractivity contribution is 0.547. The van der Waals surface area contributed by atoms with Crippen LogP contribution in [0.5, 0.6) is 0 Å². The van der Waals surface area contributed by atoms with E-state index in [2.05, 4.69) is 0 Å². The second-order valence-corrected chi connectivity index (χ2v) is 3.56. The van der Waals surface area contributed by atoms with Gasteiger partial charge in [-0.25, -0.2) is 4.39 Å². The minimum atomic E-state index is -0.287. The molecule has 1 unspecified atom stereocenters. The monoisotopic (exact) mass is 193 g/mol. The Kier molecular flexibility index (Phi) is 2.25. The van der Waals surface area contributed by atoms with Crippen molar-refractivity contribution in [3.63, 3.8) is 0 Å². The molecule has 2 aromatic rings. The van der Waals surface area contributed by atoms with Crippen LogP contribution in [0, 0.1) is 5.82 Å². The number of benzene rings is 1. The second-order valence-electron chi connectivity index (χ2n) is 3.56. The number of nitrogens with two attached hydrogens (primary N) is 1. The van der Waals surface area contributed by atoms with Gasteiger partial charge in [-0.2, -0.15) is 0 Å². The first-order valence-electron chi connectivity index (χ1n) is 4.58. The normalized spacial score (nSPS) is 13.4. The third kappa shape index (κ3) is 1.51. The third-order valence-corrected chi connectivity index (χ3v) is 2.18. The summed E-state index contributed by atoms with van der Waals surface area (Å²) in [5.41, 5.74) is 6.55. The molecule has 2 rings (SSSR count). The van der Waals surface area contributed by atoms with Crippen LogP contribution in [0.25, 0.3) is 11.0 Å². The highest BCUT2D eigenvalue weighted by atomic mass is 19.1. The first-order valence-corrected chi connectivity index (χ1v) is 4.58. The van der Waals surface area contributed by atoms with Gasteiger partial charge in [0.25, 0.3) is 0 Å². The molecule has 1 aromatic heterocycles. The average molecular weight is 193 g/mol. The van der Waals surface area contributed by atoms with E-state index in [-0.39, 0.29) is 11.9 Å². The van der Waals surface area contributed by atoms with Gasteiger partial charge in [-0.3, -0.25) is 0 Å². The molecule has 0 bridgehead atoms. The molecule has 0 aliphatic rings. The standard InChI is InChI=1S/C11H12FNO/c1-7(13)6-9-3-2-8-4-5-14-11(8)10(9)12/h2-5,7H,6,13H2,1H3. The maximum atomic E-state index is 13.7. The highest BCUT2D eigenvalue weighted by Crippen LogP contribution is 2.22. The predicted molar refractivity (Wildman–Crippen MR) is 53.5 cm³/mol. The Hall–Kier alpha value is -1.35. The van der Waals surface area contributed by atoms with Gasteiger partial charge in [0.05, 0.1) is 6.26 Å². The number of hydrogen-bond acceptors (Lipinski definition) is 2. The zero-order chi connectivity index (χ0) is 10.1. The van der Waals surface area contributed by atoms with E-state index in [9.17, 15) is 4.39 Å². The Morgan fingerprint density at radius 3 is 2.93 bits per heavy atom. The van der Waals surface area contributed by atoms with Crippen LogP contribution in [-0.4, -0.2) is 6.04 Å². The highest BCUT2D eigenvalue weighted by molar-refractivity contribution is 5.78. The van der Waals surface area contributed by atoms with Crippen molar-refractivity contribution in [2.24, 2.45) is 5.73 Å². The second kappa shape index (κ2) is 3.42.